The maximum atomic E-state index is 12.7. The topological polar surface area (TPSA) is 101 Å². The van der Waals surface area contributed by atoms with E-state index in [4.69, 9.17) is 5.73 Å². The molecular formula is C18H31N3O3S. The molecule has 0 aromatic heterocycles. The standard InChI is InChI=1S/C18H31N3O3S/c1-11(9-19)10-20-17(22)7-8-21-25(23,24)18-15(5)13(3)12(2)14(4)16(18)6/h11,21H,7-10,19H2,1-6H3,(H,20,22). The molecule has 0 aliphatic rings. The van der Waals surface area contributed by atoms with Crippen molar-refractivity contribution in [1.82, 2.24) is 10.0 Å². The Kier molecular flexibility index (Phi) is 7.59. The highest BCUT2D eigenvalue weighted by atomic mass is 32.2. The van der Waals surface area contributed by atoms with E-state index in [0.717, 1.165) is 27.8 Å². The van der Waals surface area contributed by atoms with Gasteiger partial charge in [-0.05, 0) is 74.9 Å². The highest BCUT2D eigenvalue weighted by Crippen LogP contribution is 2.29. The van der Waals surface area contributed by atoms with E-state index in [-0.39, 0.29) is 24.8 Å². The fourth-order valence-electron chi connectivity index (χ4n) is 2.70. The monoisotopic (exact) mass is 369 g/mol. The molecule has 0 bridgehead atoms. The van der Waals surface area contributed by atoms with Gasteiger partial charge in [-0.25, -0.2) is 13.1 Å². The molecule has 4 N–H and O–H groups in total. The molecule has 1 amide bonds. The summed E-state index contributed by atoms with van der Waals surface area (Å²) in [4.78, 5) is 12.1. The summed E-state index contributed by atoms with van der Waals surface area (Å²) in [6.07, 6.45) is 0.0957. The number of hydrogen-bond donors (Lipinski definition) is 3. The molecule has 0 saturated carbocycles. The summed E-state index contributed by atoms with van der Waals surface area (Å²) >= 11 is 0. The van der Waals surface area contributed by atoms with Crippen LogP contribution in [0.5, 0.6) is 0 Å². The van der Waals surface area contributed by atoms with Crippen LogP contribution in [0, 0.1) is 40.5 Å². The summed E-state index contributed by atoms with van der Waals surface area (Å²) < 4.78 is 28.0. The van der Waals surface area contributed by atoms with Crippen molar-refractivity contribution in [3.8, 4) is 0 Å². The first kappa shape index (κ1) is 21.6. The van der Waals surface area contributed by atoms with Gasteiger partial charge in [-0.15, -0.1) is 0 Å². The van der Waals surface area contributed by atoms with Crippen molar-refractivity contribution >= 4 is 15.9 Å². The third kappa shape index (κ3) is 5.26. The lowest BCUT2D eigenvalue weighted by Crippen LogP contribution is -2.34. The Morgan fingerprint density at radius 3 is 1.96 bits per heavy atom. The van der Waals surface area contributed by atoms with Crippen LogP contribution in [0.4, 0.5) is 0 Å². The highest BCUT2D eigenvalue weighted by Gasteiger charge is 2.23. The van der Waals surface area contributed by atoms with E-state index in [1.165, 1.54) is 0 Å². The average molecular weight is 370 g/mol. The Morgan fingerprint density at radius 2 is 1.48 bits per heavy atom. The minimum Gasteiger partial charge on any atom is -0.356 e. The second-order valence-electron chi connectivity index (χ2n) is 6.75. The zero-order valence-corrected chi connectivity index (χ0v) is 16.9. The lowest BCUT2D eigenvalue weighted by molar-refractivity contribution is -0.121. The fraction of sp³-hybridized carbons (Fsp3) is 0.611. The quantitative estimate of drug-likeness (QED) is 0.648. The average Bonchev–Trinajstić information content (AvgIpc) is 2.55. The number of carbonyl (C=O) groups is 1. The summed E-state index contributed by atoms with van der Waals surface area (Å²) in [5.41, 5.74) is 10.1. The van der Waals surface area contributed by atoms with Crippen LogP contribution in [0.1, 0.15) is 41.2 Å². The molecule has 0 radical (unpaired) electrons. The number of benzene rings is 1. The number of amides is 1. The van der Waals surface area contributed by atoms with Crippen LogP contribution in [-0.2, 0) is 14.8 Å². The van der Waals surface area contributed by atoms with E-state index in [0.29, 0.717) is 18.0 Å². The van der Waals surface area contributed by atoms with Gasteiger partial charge in [-0.1, -0.05) is 6.92 Å². The third-order valence-corrected chi connectivity index (χ3v) is 6.63. The molecule has 1 rings (SSSR count). The van der Waals surface area contributed by atoms with Gasteiger partial charge in [-0.2, -0.15) is 0 Å². The molecule has 0 heterocycles. The van der Waals surface area contributed by atoms with E-state index < -0.39 is 10.0 Å². The molecule has 0 aliphatic heterocycles. The smallest absolute Gasteiger partial charge is 0.241 e. The molecule has 7 heteroatoms. The molecule has 0 saturated heterocycles. The van der Waals surface area contributed by atoms with Crippen LogP contribution in [0.3, 0.4) is 0 Å². The predicted octanol–water partition coefficient (Wildman–Crippen LogP) is 1.61. The summed E-state index contributed by atoms with van der Waals surface area (Å²) in [5, 5.41) is 2.75. The predicted molar refractivity (Wildman–Crippen MR) is 101 cm³/mol. The van der Waals surface area contributed by atoms with Gasteiger partial charge in [0.2, 0.25) is 15.9 Å². The van der Waals surface area contributed by atoms with Crippen LogP contribution in [0.15, 0.2) is 4.90 Å². The first-order chi connectivity index (χ1) is 11.5. The summed E-state index contributed by atoms with van der Waals surface area (Å²) in [7, 11) is -3.66. The van der Waals surface area contributed by atoms with E-state index in [1.54, 1.807) is 0 Å². The Bertz CT molecular complexity index is 713. The van der Waals surface area contributed by atoms with Crippen molar-refractivity contribution in [2.75, 3.05) is 19.6 Å². The molecule has 6 nitrogen and oxygen atoms in total. The van der Waals surface area contributed by atoms with Gasteiger partial charge in [0.1, 0.15) is 0 Å². The molecule has 1 aromatic carbocycles. The lowest BCUT2D eigenvalue weighted by atomic mass is 9.95. The van der Waals surface area contributed by atoms with Crippen LogP contribution in [0.2, 0.25) is 0 Å². The van der Waals surface area contributed by atoms with Gasteiger partial charge in [0.25, 0.3) is 0 Å². The van der Waals surface area contributed by atoms with Crippen molar-refractivity contribution in [2.45, 2.75) is 52.9 Å². The molecule has 1 unspecified atom stereocenters. The summed E-state index contributed by atoms with van der Waals surface area (Å²) in [5.74, 6) is 0.0113. The van der Waals surface area contributed by atoms with Crippen LogP contribution in [0.25, 0.3) is 0 Å². The molecule has 0 spiro atoms. The van der Waals surface area contributed by atoms with Crippen molar-refractivity contribution in [1.29, 1.82) is 0 Å². The number of nitrogens with two attached hydrogens (primary N) is 1. The molecule has 25 heavy (non-hydrogen) atoms. The molecule has 142 valence electrons. The molecule has 0 aliphatic carbocycles. The second kappa shape index (κ2) is 8.78. The molecule has 1 aromatic rings. The van der Waals surface area contributed by atoms with Crippen molar-refractivity contribution < 1.29 is 13.2 Å². The zero-order chi connectivity index (χ0) is 19.4. The van der Waals surface area contributed by atoms with Crippen molar-refractivity contribution in [3.63, 3.8) is 0 Å². The molecular weight excluding hydrogens is 338 g/mol. The largest absolute Gasteiger partial charge is 0.356 e. The zero-order valence-electron chi connectivity index (χ0n) is 16.1. The van der Waals surface area contributed by atoms with Crippen molar-refractivity contribution in [3.05, 3.63) is 27.8 Å². The van der Waals surface area contributed by atoms with Gasteiger partial charge in [0.05, 0.1) is 4.90 Å². The summed E-state index contributed by atoms with van der Waals surface area (Å²) in [6.45, 7) is 12.5. The Labute approximate surface area is 151 Å². The van der Waals surface area contributed by atoms with Gasteiger partial charge >= 0.3 is 0 Å². The molecule has 0 fully saturated rings. The SMILES string of the molecule is Cc1c(C)c(C)c(S(=O)(=O)NCCC(=O)NCC(C)CN)c(C)c1C. The minimum absolute atomic E-state index is 0.0655. The van der Waals surface area contributed by atoms with Crippen molar-refractivity contribution in [2.24, 2.45) is 11.7 Å². The maximum absolute atomic E-state index is 12.7. The lowest BCUT2D eigenvalue weighted by Gasteiger charge is -2.19. The van der Waals surface area contributed by atoms with Gasteiger partial charge in [-0.3, -0.25) is 4.79 Å². The van der Waals surface area contributed by atoms with Crippen LogP contribution >= 0.6 is 0 Å². The van der Waals surface area contributed by atoms with E-state index >= 15 is 0 Å². The second-order valence-corrected chi connectivity index (χ2v) is 8.45. The Morgan fingerprint density at radius 1 is 1.00 bits per heavy atom. The van der Waals surface area contributed by atoms with Crippen LogP contribution < -0.4 is 15.8 Å². The van der Waals surface area contributed by atoms with E-state index in [9.17, 15) is 13.2 Å². The first-order valence-electron chi connectivity index (χ1n) is 8.56. The van der Waals surface area contributed by atoms with Gasteiger partial charge < -0.3 is 11.1 Å². The normalized spacial score (nSPS) is 12.9. The van der Waals surface area contributed by atoms with Gasteiger partial charge in [0.15, 0.2) is 0 Å². The van der Waals surface area contributed by atoms with E-state index in [2.05, 4.69) is 10.0 Å². The number of nitrogens with one attached hydrogen (secondary N) is 2. The number of rotatable bonds is 8. The number of carbonyl (C=O) groups excluding carboxylic acids is 1. The summed E-state index contributed by atoms with van der Waals surface area (Å²) in [6, 6.07) is 0. The Hall–Kier alpha value is -1.44. The first-order valence-corrected chi connectivity index (χ1v) is 10.0. The minimum atomic E-state index is -3.66. The highest BCUT2D eigenvalue weighted by molar-refractivity contribution is 7.89. The fourth-order valence-corrected chi connectivity index (χ4v) is 4.33. The van der Waals surface area contributed by atoms with Gasteiger partial charge in [0, 0.05) is 19.5 Å². The Balaban J connectivity index is 2.83. The number of sulfonamides is 1. The molecule has 1 atom stereocenters. The third-order valence-electron chi connectivity index (χ3n) is 4.89. The maximum Gasteiger partial charge on any atom is 0.241 e. The van der Waals surface area contributed by atoms with Crippen LogP contribution in [-0.4, -0.2) is 34.0 Å². The van der Waals surface area contributed by atoms with E-state index in [1.807, 2.05) is 41.5 Å². The number of hydrogen-bond acceptors (Lipinski definition) is 4.